The summed E-state index contributed by atoms with van der Waals surface area (Å²) in [5.74, 6) is -2.30. The predicted molar refractivity (Wildman–Crippen MR) is 89.7 cm³/mol. The van der Waals surface area contributed by atoms with Crippen molar-refractivity contribution >= 4 is 39.7 Å². The lowest BCUT2D eigenvalue weighted by Crippen LogP contribution is -2.17. The summed E-state index contributed by atoms with van der Waals surface area (Å²) >= 11 is 3.09. The van der Waals surface area contributed by atoms with Gasteiger partial charge in [0.15, 0.2) is 10.4 Å². The molecule has 0 radical (unpaired) electrons. The van der Waals surface area contributed by atoms with Crippen LogP contribution in [-0.2, 0) is 9.47 Å². The van der Waals surface area contributed by atoms with Gasteiger partial charge in [-0.2, -0.15) is 0 Å². The molecule has 0 unspecified atom stereocenters. The Hall–Kier alpha value is -2.55. The van der Waals surface area contributed by atoms with E-state index < -0.39 is 17.8 Å². The molecule has 2 rings (SSSR count). The lowest BCUT2D eigenvalue weighted by Gasteiger charge is -2.06. The van der Waals surface area contributed by atoms with E-state index in [1.807, 2.05) is 0 Å². The summed E-state index contributed by atoms with van der Waals surface area (Å²) < 4.78 is 20.8. The standard InChI is InChI=1S/C16H16BrNO7/c1-4-22-15(20)11-8(3)24-14(12(11)16(21)23-5-2)18-13(19)9-6-7-10(17)25-9/h6-7H,4-5H2,1-3H3,(H,18,19). The van der Waals surface area contributed by atoms with Gasteiger partial charge in [-0.1, -0.05) is 0 Å². The number of ether oxygens (including phenoxy) is 2. The van der Waals surface area contributed by atoms with E-state index >= 15 is 0 Å². The molecular weight excluding hydrogens is 398 g/mol. The highest BCUT2D eigenvalue weighted by Gasteiger charge is 2.31. The highest BCUT2D eigenvalue weighted by atomic mass is 79.9. The normalized spacial score (nSPS) is 10.4. The van der Waals surface area contributed by atoms with Gasteiger partial charge in [0.25, 0.3) is 5.91 Å². The van der Waals surface area contributed by atoms with E-state index in [2.05, 4.69) is 21.2 Å². The van der Waals surface area contributed by atoms with Crippen molar-refractivity contribution in [3.63, 3.8) is 0 Å². The van der Waals surface area contributed by atoms with E-state index in [1.54, 1.807) is 19.9 Å². The van der Waals surface area contributed by atoms with Crippen LogP contribution in [0, 0.1) is 6.92 Å². The molecule has 0 aliphatic rings. The van der Waals surface area contributed by atoms with Crippen molar-refractivity contribution in [2.24, 2.45) is 0 Å². The van der Waals surface area contributed by atoms with E-state index in [9.17, 15) is 14.4 Å². The molecule has 0 fully saturated rings. The van der Waals surface area contributed by atoms with Gasteiger partial charge < -0.3 is 18.3 Å². The van der Waals surface area contributed by atoms with Gasteiger partial charge in [0.2, 0.25) is 5.88 Å². The lowest BCUT2D eigenvalue weighted by atomic mass is 10.1. The summed E-state index contributed by atoms with van der Waals surface area (Å²) in [7, 11) is 0. The largest absolute Gasteiger partial charge is 0.462 e. The first-order valence-electron chi connectivity index (χ1n) is 7.43. The molecule has 1 amide bonds. The summed E-state index contributed by atoms with van der Waals surface area (Å²) in [5.41, 5.74) is -0.284. The first kappa shape index (κ1) is 18.8. The Balaban J connectivity index is 2.42. The lowest BCUT2D eigenvalue weighted by molar-refractivity contribution is 0.0480. The van der Waals surface area contributed by atoms with Gasteiger partial charge in [0, 0.05) is 0 Å². The Bertz CT molecular complexity index is 806. The Kier molecular flexibility index (Phi) is 6.02. The molecule has 2 aromatic heterocycles. The Labute approximate surface area is 151 Å². The summed E-state index contributed by atoms with van der Waals surface area (Å²) in [6.07, 6.45) is 0. The molecule has 2 heterocycles. The van der Waals surface area contributed by atoms with Crippen molar-refractivity contribution in [1.82, 2.24) is 0 Å². The van der Waals surface area contributed by atoms with Crippen LogP contribution >= 0.6 is 15.9 Å². The molecule has 0 bridgehead atoms. The first-order valence-corrected chi connectivity index (χ1v) is 8.22. The van der Waals surface area contributed by atoms with Gasteiger partial charge in [-0.15, -0.1) is 0 Å². The fourth-order valence-electron chi connectivity index (χ4n) is 2.08. The van der Waals surface area contributed by atoms with Crippen molar-refractivity contribution in [2.45, 2.75) is 20.8 Å². The topological polar surface area (TPSA) is 108 Å². The third-order valence-electron chi connectivity index (χ3n) is 3.07. The number of hydrogen-bond acceptors (Lipinski definition) is 7. The van der Waals surface area contributed by atoms with Crippen LogP contribution in [0.3, 0.4) is 0 Å². The number of halogens is 1. The second-order valence-electron chi connectivity index (χ2n) is 4.74. The van der Waals surface area contributed by atoms with Crippen molar-refractivity contribution < 1.29 is 32.7 Å². The van der Waals surface area contributed by atoms with Gasteiger partial charge >= 0.3 is 11.9 Å². The van der Waals surface area contributed by atoms with Crippen LogP contribution < -0.4 is 5.32 Å². The second-order valence-corrected chi connectivity index (χ2v) is 5.52. The average molecular weight is 414 g/mol. The minimum Gasteiger partial charge on any atom is -0.462 e. The monoisotopic (exact) mass is 413 g/mol. The molecule has 2 aromatic rings. The van der Waals surface area contributed by atoms with E-state index in [0.717, 1.165) is 0 Å². The van der Waals surface area contributed by atoms with Gasteiger partial charge in [0.1, 0.15) is 16.9 Å². The Morgan fingerprint density at radius 1 is 1.04 bits per heavy atom. The molecule has 0 saturated carbocycles. The Morgan fingerprint density at radius 3 is 2.16 bits per heavy atom. The molecule has 9 heteroatoms. The zero-order chi connectivity index (χ0) is 18.6. The number of nitrogens with one attached hydrogen (secondary N) is 1. The number of furan rings is 2. The molecule has 0 aromatic carbocycles. The third kappa shape index (κ3) is 4.11. The number of carbonyl (C=O) groups excluding carboxylic acids is 3. The predicted octanol–water partition coefficient (Wildman–Crippen LogP) is 3.55. The number of carbonyl (C=O) groups is 3. The zero-order valence-electron chi connectivity index (χ0n) is 13.8. The van der Waals surface area contributed by atoms with E-state index in [0.29, 0.717) is 4.67 Å². The van der Waals surface area contributed by atoms with Crippen molar-refractivity contribution in [1.29, 1.82) is 0 Å². The quantitative estimate of drug-likeness (QED) is 0.721. The average Bonchev–Trinajstić information content (AvgIpc) is 3.11. The number of amides is 1. The summed E-state index contributed by atoms with van der Waals surface area (Å²) in [4.78, 5) is 36.6. The maximum atomic E-state index is 12.3. The number of esters is 2. The maximum absolute atomic E-state index is 12.3. The third-order valence-corrected chi connectivity index (χ3v) is 3.49. The molecule has 0 saturated heterocycles. The zero-order valence-corrected chi connectivity index (χ0v) is 15.4. The SMILES string of the molecule is CCOC(=O)c1c(C)oc(NC(=O)c2ccc(Br)o2)c1C(=O)OCC. The molecule has 134 valence electrons. The van der Waals surface area contributed by atoms with Crippen LogP contribution in [0.2, 0.25) is 0 Å². The van der Waals surface area contributed by atoms with Gasteiger partial charge in [-0.05, 0) is 48.8 Å². The summed E-state index contributed by atoms with van der Waals surface area (Å²) in [6.45, 7) is 4.94. The minimum atomic E-state index is -0.807. The molecule has 0 atom stereocenters. The van der Waals surface area contributed by atoms with Gasteiger partial charge in [-0.25, -0.2) is 9.59 Å². The van der Waals surface area contributed by atoms with Crippen molar-refractivity contribution in [2.75, 3.05) is 18.5 Å². The van der Waals surface area contributed by atoms with E-state index in [-0.39, 0.29) is 41.7 Å². The first-order chi connectivity index (χ1) is 11.9. The second kappa shape index (κ2) is 8.02. The maximum Gasteiger partial charge on any atom is 0.344 e. The fourth-order valence-corrected chi connectivity index (χ4v) is 2.39. The van der Waals surface area contributed by atoms with Crippen LogP contribution in [-0.4, -0.2) is 31.1 Å². The fraction of sp³-hybridized carbons (Fsp3) is 0.312. The molecule has 8 nitrogen and oxygen atoms in total. The number of anilines is 1. The summed E-state index contributed by atoms with van der Waals surface area (Å²) in [5, 5.41) is 2.41. The van der Waals surface area contributed by atoms with E-state index in [4.69, 9.17) is 18.3 Å². The van der Waals surface area contributed by atoms with Crippen LogP contribution in [0.15, 0.2) is 25.6 Å². The van der Waals surface area contributed by atoms with Crippen molar-refractivity contribution in [3.05, 3.63) is 39.4 Å². The molecule has 0 aliphatic carbocycles. The molecule has 0 spiro atoms. The smallest absolute Gasteiger partial charge is 0.344 e. The summed E-state index contributed by atoms with van der Waals surface area (Å²) in [6, 6.07) is 2.98. The highest BCUT2D eigenvalue weighted by Crippen LogP contribution is 2.29. The van der Waals surface area contributed by atoms with Gasteiger partial charge in [0.05, 0.1) is 13.2 Å². The highest BCUT2D eigenvalue weighted by molar-refractivity contribution is 9.10. The van der Waals surface area contributed by atoms with Crippen molar-refractivity contribution in [3.8, 4) is 0 Å². The van der Waals surface area contributed by atoms with Crippen LogP contribution in [0.1, 0.15) is 50.9 Å². The van der Waals surface area contributed by atoms with Crippen LogP contribution in [0.25, 0.3) is 0 Å². The molecule has 1 N–H and O–H groups in total. The Morgan fingerprint density at radius 2 is 1.64 bits per heavy atom. The molecular formula is C16H16BrNO7. The molecule has 25 heavy (non-hydrogen) atoms. The number of aryl methyl sites for hydroxylation is 1. The minimum absolute atomic E-state index is 0.00609. The van der Waals surface area contributed by atoms with E-state index in [1.165, 1.54) is 13.0 Å². The molecule has 0 aliphatic heterocycles. The van der Waals surface area contributed by atoms with Crippen LogP contribution in [0.5, 0.6) is 0 Å². The number of hydrogen-bond donors (Lipinski definition) is 1. The van der Waals surface area contributed by atoms with Crippen LogP contribution in [0.4, 0.5) is 5.88 Å². The van der Waals surface area contributed by atoms with Gasteiger partial charge in [-0.3, -0.25) is 10.1 Å². The number of rotatable bonds is 6.